The first-order chi connectivity index (χ1) is 10.2. The quantitative estimate of drug-likeness (QED) is 0.830. The van der Waals surface area contributed by atoms with Crippen LogP contribution < -0.4 is 0 Å². The number of carbonyl (C=O) groups excluding carboxylic acids is 1. The number of likely N-dealkylation sites (tertiary alicyclic amines) is 2. The van der Waals surface area contributed by atoms with E-state index in [4.69, 9.17) is 4.74 Å². The lowest BCUT2D eigenvalue weighted by atomic mass is 10.0. The van der Waals surface area contributed by atoms with Gasteiger partial charge in [-0.3, -0.25) is 14.5 Å². The molecule has 1 unspecified atom stereocenters. The third kappa shape index (κ3) is 3.06. The van der Waals surface area contributed by atoms with Crippen molar-refractivity contribution in [3.8, 4) is 0 Å². The number of aliphatic carboxylic acids is 1. The number of amides is 1. The molecule has 3 aliphatic heterocycles. The molecule has 0 aromatic heterocycles. The maximum absolute atomic E-state index is 12.3. The number of piperidine rings is 1. The molecule has 3 heterocycles. The predicted octanol–water partition coefficient (Wildman–Crippen LogP) is 0.705. The Morgan fingerprint density at radius 2 is 1.76 bits per heavy atom. The smallest absolute Gasteiger partial charge is 0.320 e. The molecular formula is C15H24N2O4. The first-order valence-electron chi connectivity index (χ1n) is 8.06. The Hall–Kier alpha value is -1.14. The van der Waals surface area contributed by atoms with E-state index in [1.807, 2.05) is 4.90 Å². The minimum atomic E-state index is -0.703. The van der Waals surface area contributed by atoms with Gasteiger partial charge in [-0.05, 0) is 45.1 Å². The number of carbonyl (C=O) groups is 2. The van der Waals surface area contributed by atoms with E-state index in [1.165, 1.54) is 0 Å². The molecular weight excluding hydrogens is 272 g/mol. The number of rotatable bonds is 3. The van der Waals surface area contributed by atoms with Crippen molar-refractivity contribution < 1.29 is 19.4 Å². The Kier molecular flexibility index (Phi) is 4.45. The second kappa shape index (κ2) is 6.32. The van der Waals surface area contributed by atoms with E-state index in [0.717, 1.165) is 58.2 Å². The summed E-state index contributed by atoms with van der Waals surface area (Å²) in [6, 6.07) is -0.0161. The van der Waals surface area contributed by atoms with Gasteiger partial charge in [0, 0.05) is 25.7 Å². The summed E-state index contributed by atoms with van der Waals surface area (Å²) in [5, 5.41) is 9.28. The highest BCUT2D eigenvalue weighted by atomic mass is 16.5. The summed E-state index contributed by atoms with van der Waals surface area (Å²) in [7, 11) is 0. The second-order valence-electron chi connectivity index (χ2n) is 6.29. The Morgan fingerprint density at radius 3 is 2.38 bits per heavy atom. The van der Waals surface area contributed by atoms with Crippen molar-refractivity contribution in [1.82, 2.24) is 9.80 Å². The van der Waals surface area contributed by atoms with Gasteiger partial charge in [0.05, 0.1) is 0 Å². The van der Waals surface area contributed by atoms with Crippen molar-refractivity contribution in [1.29, 1.82) is 0 Å². The van der Waals surface area contributed by atoms with Gasteiger partial charge < -0.3 is 14.7 Å². The number of nitrogens with zero attached hydrogens (tertiary/aromatic N) is 2. The topological polar surface area (TPSA) is 70.1 Å². The molecule has 6 heteroatoms. The standard InChI is InChI=1S/C15H24N2O4/c18-14(13-4-2-10-21-13)16-8-5-11(6-9-16)17-7-1-3-12(17)15(19)20/h11-13H,1-10H2,(H,19,20)/t12?,13-/m0/s1. The van der Waals surface area contributed by atoms with E-state index in [9.17, 15) is 14.7 Å². The van der Waals surface area contributed by atoms with Gasteiger partial charge in [-0.15, -0.1) is 0 Å². The van der Waals surface area contributed by atoms with Crippen molar-refractivity contribution in [2.75, 3.05) is 26.2 Å². The summed E-state index contributed by atoms with van der Waals surface area (Å²) in [5.41, 5.74) is 0. The van der Waals surface area contributed by atoms with Crippen molar-refractivity contribution in [2.24, 2.45) is 0 Å². The van der Waals surface area contributed by atoms with Gasteiger partial charge >= 0.3 is 5.97 Å². The first-order valence-corrected chi connectivity index (χ1v) is 8.06. The summed E-state index contributed by atoms with van der Waals surface area (Å²) >= 11 is 0. The monoisotopic (exact) mass is 296 g/mol. The van der Waals surface area contributed by atoms with E-state index < -0.39 is 5.97 Å². The molecule has 21 heavy (non-hydrogen) atoms. The van der Waals surface area contributed by atoms with Crippen LogP contribution in [-0.4, -0.2) is 71.2 Å². The van der Waals surface area contributed by atoms with Gasteiger partial charge in [0.15, 0.2) is 0 Å². The van der Waals surface area contributed by atoms with Gasteiger partial charge in [0.1, 0.15) is 12.1 Å². The molecule has 0 saturated carbocycles. The fourth-order valence-electron chi connectivity index (χ4n) is 3.89. The van der Waals surface area contributed by atoms with Crippen LogP contribution in [0.3, 0.4) is 0 Å². The number of carboxylic acid groups (broad SMARTS) is 1. The van der Waals surface area contributed by atoms with Gasteiger partial charge in [-0.25, -0.2) is 0 Å². The Balaban J connectivity index is 1.52. The van der Waals surface area contributed by atoms with Gasteiger partial charge in [0.2, 0.25) is 0 Å². The predicted molar refractivity (Wildman–Crippen MR) is 75.9 cm³/mol. The van der Waals surface area contributed by atoms with Crippen LogP contribution in [0.25, 0.3) is 0 Å². The summed E-state index contributed by atoms with van der Waals surface area (Å²) in [6.07, 6.45) is 5.05. The van der Waals surface area contributed by atoms with Crippen LogP contribution in [0.2, 0.25) is 0 Å². The first kappa shape index (κ1) is 14.8. The van der Waals surface area contributed by atoms with Crippen LogP contribution in [-0.2, 0) is 14.3 Å². The molecule has 0 spiro atoms. The van der Waals surface area contributed by atoms with Gasteiger partial charge in [0.25, 0.3) is 5.91 Å². The lowest BCUT2D eigenvalue weighted by molar-refractivity contribution is -0.146. The fourth-order valence-corrected chi connectivity index (χ4v) is 3.89. The summed E-state index contributed by atoms with van der Waals surface area (Å²) in [6.45, 7) is 3.03. The van der Waals surface area contributed by atoms with Crippen LogP contribution in [0.5, 0.6) is 0 Å². The zero-order valence-electron chi connectivity index (χ0n) is 12.4. The van der Waals surface area contributed by atoms with Crippen LogP contribution in [0.1, 0.15) is 38.5 Å². The zero-order valence-corrected chi connectivity index (χ0v) is 12.4. The summed E-state index contributed by atoms with van der Waals surface area (Å²) < 4.78 is 5.46. The Labute approximate surface area is 125 Å². The highest BCUT2D eigenvalue weighted by Gasteiger charge is 2.38. The molecule has 1 amide bonds. The fraction of sp³-hybridized carbons (Fsp3) is 0.867. The molecule has 2 atom stereocenters. The Morgan fingerprint density at radius 1 is 1.00 bits per heavy atom. The minimum Gasteiger partial charge on any atom is -0.480 e. The molecule has 3 aliphatic rings. The number of carboxylic acids is 1. The molecule has 6 nitrogen and oxygen atoms in total. The van der Waals surface area contributed by atoms with Gasteiger partial charge in [-0.1, -0.05) is 0 Å². The molecule has 0 radical (unpaired) electrons. The molecule has 1 N–H and O–H groups in total. The average Bonchev–Trinajstić information content (AvgIpc) is 3.18. The maximum atomic E-state index is 12.3. The molecule has 3 saturated heterocycles. The highest BCUT2D eigenvalue weighted by molar-refractivity contribution is 5.81. The summed E-state index contributed by atoms with van der Waals surface area (Å²) in [4.78, 5) is 27.6. The van der Waals surface area contributed by atoms with Crippen molar-refractivity contribution in [2.45, 2.75) is 56.7 Å². The lowest BCUT2D eigenvalue weighted by Gasteiger charge is -2.39. The molecule has 0 aromatic rings. The van der Waals surface area contributed by atoms with E-state index in [1.54, 1.807) is 0 Å². The molecule has 0 aromatic carbocycles. The minimum absolute atomic E-state index is 0.127. The average molecular weight is 296 g/mol. The SMILES string of the molecule is O=C(O)C1CCCN1C1CCN(C(=O)[C@@H]2CCCO2)CC1. The largest absolute Gasteiger partial charge is 0.480 e. The number of hydrogen-bond acceptors (Lipinski definition) is 4. The lowest BCUT2D eigenvalue weighted by Crippen LogP contribution is -2.51. The molecule has 0 aliphatic carbocycles. The van der Waals surface area contributed by atoms with Crippen molar-refractivity contribution in [3.63, 3.8) is 0 Å². The van der Waals surface area contributed by atoms with Crippen molar-refractivity contribution in [3.05, 3.63) is 0 Å². The third-order valence-corrected chi connectivity index (χ3v) is 5.03. The molecule has 3 rings (SSSR count). The van der Waals surface area contributed by atoms with Crippen molar-refractivity contribution >= 4 is 11.9 Å². The molecule has 0 bridgehead atoms. The van der Waals surface area contributed by atoms with Crippen LogP contribution in [0.15, 0.2) is 0 Å². The van der Waals surface area contributed by atoms with E-state index in [2.05, 4.69) is 4.90 Å². The third-order valence-electron chi connectivity index (χ3n) is 5.03. The van der Waals surface area contributed by atoms with E-state index in [-0.39, 0.29) is 18.1 Å². The van der Waals surface area contributed by atoms with Gasteiger partial charge in [-0.2, -0.15) is 0 Å². The molecule has 3 fully saturated rings. The number of hydrogen-bond donors (Lipinski definition) is 1. The number of ether oxygens (including phenoxy) is 1. The van der Waals surface area contributed by atoms with Crippen LogP contribution in [0, 0.1) is 0 Å². The van der Waals surface area contributed by atoms with Crippen LogP contribution in [0.4, 0.5) is 0 Å². The second-order valence-corrected chi connectivity index (χ2v) is 6.29. The molecule has 118 valence electrons. The maximum Gasteiger partial charge on any atom is 0.320 e. The van der Waals surface area contributed by atoms with Crippen LogP contribution >= 0.6 is 0 Å². The zero-order chi connectivity index (χ0) is 14.8. The van der Waals surface area contributed by atoms with E-state index >= 15 is 0 Å². The Bertz CT molecular complexity index is 400. The normalized spacial score (nSPS) is 31.7. The summed E-state index contributed by atoms with van der Waals surface area (Å²) in [5.74, 6) is -0.576. The van der Waals surface area contributed by atoms with E-state index in [0.29, 0.717) is 12.6 Å². The highest BCUT2D eigenvalue weighted by Crippen LogP contribution is 2.27.